The molecule has 1 fully saturated rings. The summed E-state index contributed by atoms with van der Waals surface area (Å²) in [7, 11) is 0. The van der Waals surface area contributed by atoms with Crippen LogP contribution in [0.4, 0.5) is 0 Å². The molecule has 0 aromatic heterocycles. The van der Waals surface area contributed by atoms with Gasteiger partial charge in [-0.1, -0.05) is 0 Å². The number of carbonyl (C=O) groups excluding carboxylic acids is 2. The smallest absolute Gasteiger partial charge is 0.305 e. The first-order chi connectivity index (χ1) is 9.51. The van der Waals surface area contributed by atoms with E-state index >= 15 is 0 Å². The van der Waals surface area contributed by atoms with Crippen molar-refractivity contribution in [3.05, 3.63) is 0 Å². The Bertz CT molecular complexity index is 323. The van der Waals surface area contributed by atoms with Crippen molar-refractivity contribution in [3.8, 4) is 0 Å². The number of nitrogens with one attached hydrogen (secondary N) is 1. The van der Waals surface area contributed by atoms with E-state index in [0.29, 0.717) is 25.5 Å². The van der Waals surface area contributed by atoms with E-state index in [-0.39, 0.29) is 17.9 Å². The Morgan fingerprint density at radius 1 is 1.40 bits per heavy atom. The maximum absolute atomic E-state index is 11.4. The van der Waals surface area contributed by atoms with E-state index in [2.05, 4.69) is 10.2 Å². The van der Waals surface area contributed by atoms with Gasteiger partial charge in [-0.15, -0.1) is 0 Å². The van der Waals surface area contributed by atoms with Crippen LogP contribution in [0.5, 0.6) is 0 Å². The minimum atomic E-state index is -0.128. The van der Waals surface area contributed by atoms with Gasteiger partial charge >= 0.3 is 5.97 Å². The van der Waals surface area contributed by atoms with Crippen LogP contribution in [-0.4, -0.2) is 55.6 Å². The quantitative estimate of drug-likeness (QED) is 0.649. The van der Waals surface area contributed by atoms with Crippen molar-refractivity contribution in [1.82, 2.24) is 10.2 Å². The lowest BCUT2D eigenvalue weighted by Gasteiger charge is -2.36. The lowest BCUT2D eigenvalue weighted by atomic mass is 9.91. The molecule has 1 saturated heterocycles. The summed E-state index contributed by atoms with van der Waals surface area (Å²) in [6, 6.07) is 0.147. The van der Waals surface area contributed by atoms with E-state index in [1.54, 1.807) is 0 Å². The van der Waals surface area contributed by atoms with Crippen molar-refractivity contribution in [2.24, 2.45) is 11.7 Å². The second-order valence-corrected chi connectivity index (χ2v) is 5.45. The molecule has 1 amide bonds. The molecular weight excluding hydrogens is 258 g/mol. The molecule has 0 aliphatic carbocycles. The molecule has 1 heterocycles. The molecule has 0 aromatic rings. The summed E-state index contributed by atoms with van der Waals surface area (Å²) in [6.07, 6.45) is 2.24. The molecule has 2 unspecified atom stereocenters. The normalized spacial score (nSPS) is 23.4. The van der Waals surface area contributed by atoms with Gasteiger partial charge in [0, 0.05) is 45.6 Å². The zero-order chi connectivity index (χ0) is 15.0. The molecule has 6 nitrogen and oxygen atoms in total. The van der Waals surface area contributed by atoms with Crippen molar-refractivity contribution in [3.63, 3.8) is 0 Å². The third kappa shape index (κ3) is 6.86. The van der Waals surface area contributed by atoms with Gasteiger partial charge in [0.15, 0.2) is 0 Å². The molecule has 1 aliphatic rings. The first-order valence-corrected chi connectivity index (χ1v) is 7.39. The Hall–Kier alpha value is -1.14. The van der Waals surface area contributed by atoms with Gasteiger partial charge < -0.3 is 15.8 Å². The minimum Gasteiger partial charge on any atom is -0.466 e. The van der Waals surface area contributed by atoms with Crippen LogP contribution in [0.25, 0.3) is 0 Å². The van der Waals surface area contributed by atoms with Gasteiger partial charge in [0.1, 0.15) is 0 Å². The van der Waals surface area contributed by atoms with Gasteiger partial charge in [0.2, 0.25) is 5.91 Å². The zero-order valence-electron chi connectivity index (χ0n) is 12.6. The minimum absolute atomic E-state index is 0.00910. The highest BCUT2D eigenvalue weighted by Gasteiger charge is 2.25. The Balaban J connectivity index is 2.29. The van der Waals surface area contributed by atoms with Crippen LogP contribution >= 0.6 is 0 Å². The van der Waals surface area contributed by atoms with Crippen molar-refractivity contribution in [1.29, 1.82) is 0 Å². The van der Waals surface area contributed by atoms with Crippen molar-refractivity contribution in [2.45, 2.75) is 39.2 Å². The second-order valence-electron chi connectivity index (χ2n) is 5.45. The van der Waals surface area contributed by atoms with E-state index in [9.17, 15) is 9.59 Å². The predicted molar refractivity (Wildman–Crippen MR) is 77.1 cm³/mol. The molecule has 0 spiro atoms. The van der Waals surface area contributed by atoms with Gasteiger partial charge in [0.05, 0.1) is 6.61 Å². The Kier molecular flexibility index (Phi) is 7.54. The van der Waals surface area contributed by atoms with E-state index in [4.69, 9.17) is 10.5 Å². The fourth-order valence-electron chi connectivity index (χ4n) is 2.69. The number of amides is 1. The van der Waals surface area contributed by atoms with E-state index in [0.717, 1.165) is 32.5 Å². The molecule has 1 rings (SSSR count). The monoisotopic (exact) mass is 285 g/mol. The van der Waals surface area contributed by atoms with Gasteiger partial charge in [-0.2, -0.15) is 0 Å². The molecule has 0 bridgehead atoms. The summed E-state index contributed by atoms with van der Waals surface area (Å²) >= 11 is 0. The number of likely N-dealkylation sites (tertiary alicyclic amines) is 1. The third-order valence-electron chi connectivity index (χ3n) is 3.51. The number of piperidine rings is 1. The SMILES string of the molecule is CCOC(=O)CCC1CC(N)CN(CCNC(C)=O)C1. The highest BCUT2D eigenvalue weighted by Crippen LogP contribution is 2.20. The fraction of sp³-hybridized carbons (Fsp3) is 0.857. The molecular formula is C14H27N3O3. The number of carbonyl (C=O) groups is 2. The summed E-state index contributed by atoms with van der Waals surface area (Å²) in [5, 5.41) is 2.79. The topological polar surface area (TPSA) is 84.7 Å². The number of rotatable bonds is 7. The van der Waals surface area contributed by atoms with Crippen LogP contribution in [0, 0.1) is 5.92 Å². The van der Waals surface area contributed by atoms with Crippen LogP contribution in [0.15, 0.2) is 0 Å². The number of ether oxygens (including phenoxy) is 1. The Labute approximate surface area is 121 Å². The van der Waals surface area contributed by atoms with Gasteiger partial charge in [-0.3, -0.25) is 14.5 Å². The zero-order valence-corrected chi connectivity index (χ0v) is 12.6. The third-order valence-corrected chi connectivity index (χ3v) is 3.51. The molecule has 116 valence electrons. The van der Waals surface area contributed by atoms with Crippen molar-refractivity contribution < 1.29 is 14.3 Å². The average molecular weight is 285 g/mol. The largest absolute Gasteiger partial charge is 0.466 e. The molecule has 0 saturated carbocycles. The first kappa shape index (κ1) is 16.9. The van der Waals surface area contributed by atoms with E-state index in [1.165, 1.54) is 6.92 Å². The Morgan fingerprint density at radius 3 is 2.80 bits per heavy atom. The molecule has 20 heavy (non-hydrogen) atoms. The number of hydrogen-bond donors (Lipinski definition) is 2. The lowest BCUT2D eigenvalue weighted by molar-refractivity contribution is -0.143. The van der Waals surface area contributed by atoms with Crippen LogP contribution in [-0.2, 0) is 14.3 Å². The number of esters is 1. The highest BCUT2D eigenvalue weighted by molar-refractivity contribution is 5.72. The average Bonchev–Trinajstić information content (AvgIpc) is 2.36. The highest BCUT2D eigenvalue weighted by atomic mass is 16.5. The number of nitrogens with two attached hydrogens (primary N) is 1. The fourth-order valence-corrected chi connectivity index (χ4v) is 2.69. The van der Waals surface area contributed by atoms with Gasteiger partial charge in [0.25, 0.3) is 0 Å². The maximum atomic E-state index is 11.4. The molecule has 3 N–H and O–H groups in total. The molecule has 0 radical (unpaired) electrons. The molecule has 1 aliphatic heterocycles. The Morgan fingerprint density at radius 2 is 2.15 bits per heavy atom. The van der Waals surface area contributed by atoms with Crippen LogP contribution in [0.1, 0.15) is 33.1 Å². The van der Waals surface area contributed by atoms with Crippen LogP contribution < -0.4 is 11.1 Å². The van der Waals surface area contributed by atoms with Crippen molar-refractivity contribution in [2.75, 3.05) is 32.8 Å². The molecule has 6 heteroatoms. The summed E-state index contributed by atoms with van der Waals surface area (Å²) in [5.74, 6) is 0.294. The van der Waals surface area contributed by atoms with Crippen molar-refractivity contribution >= 4 is 11.9 Å². The summed E-state index contributed by atoms with van der Waals surface area (Å²) < 4.78 is 4.95. The van der Waals surface area contributed by atoms with E-state index < -0.39 is 0 Å². The summed E-state index contributed by atoms with van der Waals surface area (Å²) in [4.78, 5) is 24.5. The predicted octanol–water partition coefficient (Wildman–Crippen LogP) is 0.115. The van der Waals surface area contributed by atoms with Crippen LogP contribution in [0.3, 0.4) is 0 Å². The van der Waals surface area contributed by atoms with E-state index in [1.807, 2.05) is 6.92 Å². The second kappa shape index (κ2) is 8.92. The number of nitrogens with zero attached hydrogens (tertiary/aromatic N) is 1. The lowest BCUT2D eigenvalue weighted by Crippen LogP contribution is -2.49. The summed E-state index contributed by atoms with van der Waals surface area (Å²) in [6.45, 7) is 7.02. The maximum Gasteiger partial charge on any atom is 0.305 e. The molecule has 0 aromatic carbocycles. The summed E-state index contributed by atoms with van der Waals surface area (Å²) in [5.41, 5.74) is 6.07. The standard InChI is InChI=1S/C14H27N3O3/c1-3-20-14(19)5-4-12-8-13(15)10-17(9-12)7-6-16-11(2)18/h12-13H,3-10,15H2,1-2H3,(H,16,18). The molecule has 2 atom stereocenters. The van der Waals surface area contributed by atoms with Gasteiger partial charge in [-0.05, 0) is 25.7 Å². The first-order valence-electron chi connectivity index (χ1n) is 7.39. The van der Waals surface area contributed by atoms with Crippen LogP contribution in [0.2, 0.25) is 0 Å². The van der Waals surface area contributed by atoms with Gasteiger partial charge in [-0.25, -0.2) is 0 Å². The number of hydrogen-bond acceptors (Lipinski definition) is 5.